The largest absolute Gasteiger partial charge is 0.389 e. The number of aliphatic hydroxyl groups excluding tert-OH is 1. The third-order valence-corrected chi connectivity index (χ3v) is 2.62. The molecule has 1 heterocycles. The van der Waals surface area contributed by atoms with Gasteiger partial charge in [0.05, 0.1) is 11.5 Å². The molecule has 3 nitrogen and oxygen atoms in total. The first-order chi connectivity index (χ1) is 4.34. The zero-order valence-corrected chi connectivity index (χ0v) is 6.03. The third-order valence-electron chi connectivity index (χ3n) is 1.34. The summed E-state index contributed by atoms with van der Waals surface area (Å²) in [5.41, 5.74) is 5.25. The average molecular weight is 148 g/mol. The third kappa shape index (κ3) is 1.82. The highest BCUT2D eigenvalue weighted by atomic mass is 32.2. The monoisotopic (exact) mass is 148 g/mol. The molecule has 1 rings (SSSR count). The van der Waals surface area contributed by atoms with Crippen molar-refractivity contribution < 1.29 is 5.11 Å². The summed E-state index contributed by atoms with van der Waals surface area (Å²) in [6.07, 6.45) is -0.377. The van der Waals surface area contributed by atoms with E-state index in [-0.39, 0.29) is 11.5 Å². The van der Waals surface area contributed by atoms with Crippen molar-refractivity contribution in [1.82, 2.24) is 5.32 Å². The van der Waals surface area contributed by atoms with Crippen LogP contribution < -0.4 is 11.1 Å². The van der Waals surface area contributed by atoms with Gasteiger partial charge in [0.2, 0.25) is 0 Å². The summed E-state index contributed by atoms with van der Waals surface area (Å²) < 4.78 is 0. The highest BCUT2D eigenvalue weighted by Gasteiger charge is 2.21. The van der Waals surface area contributed by atoms with E-state index in [4.69, 9.17) is 10.8 Å². The minimum Gasteiger partial charge on any atom is -0.389 e. The van der Waals surface area contributed by atoms with Crippen molar-refractivity contribution in [1.29, 1.82) is 0 Å². The Kier molecular flexibility index (Phi) is 2.78. The van der Waals surface area contributed by atoms with Crippen molar-refractivity contribution in [3.8, 4) is 0 Å². The SMILES string of the molecule is NC[C@@H](O)C1NCCS1. The maximum atomic E-state index is 9.15. The van der Waals surface area contributed by atoms with Gasteiger partial charge < -0.3 is 16.2 Å². The average Bonchev–Trinajstić information content (AvgIpc) is 2.37. The summed E-state index contributed by atoms with van der Waals surface area (Å²) in [5, 5.41) is 12.5. The molecule has 1 unspecified atom stereocenters. The summed E-state index contributed by atoms with van der Waals surface area (Å²) >= 11 is 1.73. The standard InChI is InChI=1S/C5H12N2OS/c6-3-4(8)5-7-1-2-9-5/h4-5,7-8H,1-3,6H2/t4-,5?/m1/s1. The number of hydrogen-bond acceptors (Lipinski definition) is 4. The maximum Gasteiger partial charge on any atom is 0.0908 e. The van der Waals surface area contributed by atoms with Gasteiger partial charge in [0.1, 0.15) is 0 Å². The van der Waals surface area contributed by atoms with Gasteiger partial charge in [-0.3, -0.25) is 0 Å². The molecular weight excluding hydrogens is 136 g/mol. The Morgan fingerprint density at radius 3 is 3.11 bits per heavy atom. The molecule has 0 bridgehead atoms. The molecule has 4 heteroatoms. The van der Waals surface area contributed by atoms with Gasteiger partial charge in [0, 0.05) is 18.8 Å². The highest BCUT2D eigenvalue weighted by molar-refractivity contribution is 8.00. The summed E-state index contributed by atoms with van der Waals surface area (Å²) in [6, 6.07) is 0. The van der Waals surface area contributed by atoms with E-state index in [1.165, 1.54) is 0 Å². The van der Waals surface area contributed by atoms with E-state index in [2.05, 4.69) is 5.32 Å². The lowest BCUT2D eigenvalue weighted by Crippen LogP contribution is -2.37. The van der Waals surface area contributed by atoms with Crippen molar-refractivity contribution in [3.63, 3.8) is 0 Å². The van der Waals surface area contributed by atoms with Crippen LogP contribution in [0.4, 0.5) is 0 Å². The maximum absolute atomic E-state index is 9.15. The molecule has 0 aromatic heterocycles. The second-order valence-electron chi connectivity index (χ2n) is 2.05. The fraction of sp³-hybridized carbons (Fsp3) is 1.00. The smallest absolute Gasteiger partial charge is 0.0908 e. The first-order valence-electron chi connectivity index (χ1n) is 3.07. The summed E-state index contributed by atoms with van der Waals surface area (Å²) in [7, 11) is 0. The van der Waals surface area contributed by atoms with Gasteiger partial charge in [-0.05, 0) is 0 Å². The summed E-state index contributed by atoms with van der Waals surface area (Å²) in [5.74, 6) is 1.09. The zero-order valence-electron chi connectivity index (χ0n) is 5.21. The molecule has 1 aliphatic rings. The van der Waals surface area contributed by atoms with Crippen LogP contribution in [0.5, 0.6) is 0 Å². The van der Waals surface area contributed by atoms with Gasteiger partial charge in [-0.1, -0.05) is 0 Å². The van der Waals surface area contributed by atoms with Crippen molar-refractivity contribution in [3.05, 3.63) is 0 Å². The Labute approximate surface area is 59.0 Å². The summed E-state index contributed by atoms with van der Waals surface area (Å²) in [6.45, 7) is 1.34. The predicted octanol–water partition coefficient (Wildman–Crippen LogP) is -1.03. The van der Waals surface area contributed by atoms with E-state index >= 15 is 0 Å². The number of nitrogens with two attached hydrogens (primary N) is 1. The van der Waals surface area contributed by atoms with Crippen LogP contribution in [-0.2, 0) is 0 Å². The van der Waals surface area contributed by atoms with Gasteiger partial charge in [-0.25, -0.2) is 0 Å². The van der Waals surface area contributed by atoms with Crippen molar-refractivity contribution in [2.24, 2.45) is 5.73 Å². The fourth-order valence-electron chi connectivity index (χ4n) is 0.817. The highest BCUT2D eigenvalue weighted by Crippen LogP contribution is 2.15. The predicted molar refractivity (Wildman–Crippen MR) is 39.3 cm³/mol. The van der Waals surface area contributed by atoms with E-state index in [0.29, 0.717) is 6.54 Å². The number of nitrogens with one attached hydrogen (secondary N) is 1. The first-order valence-corrected chi connectivity index (χ1v) is 4.12. The van der Waals surface area contributed by atoms with Crippen molar-refractivity contribution in [2.75, 3.05) is 18.8 Å². The number of rotatable bonds is 2. The van der Waals surface area contributed by atoms with E-state index in [1.807, 2.05) is 0 Å². The Bertz CT molecular complexity index is 85.0. The van der Waals surface area contributed by atoms with Gasteiger partial charge in [-0.2, -0.15) is 0 Å². The minimum atomic E-state index is -0.377. The van der Waals surface area contributed by atoms with Crippen LogP contribution >= 0.6 is 11.8 Å². The van der Waals surface area contributed by atoms with Crippen LogP contribution in [0.2, 0.25) is 0 Å². The fourth-order valence-corrected chi connectivity index (χ4v) is 1.88. The molecule has 0 aliphatic carbocycles. The number of thioether (sulfide) groups is 1. The van der Waals surface area contributed by atoms with E-state index in [0.717, 1.165) is 12.3 Å². The van der Waals surface area contributed by atoms with E-state index in [1.54, 1.807) is 11.8 Å². The Hall–Kier alpha value is 0.230. The molecule has 1 aliphatic heterocycles. The van der Waals surface area contributed by atoms with Gasteiger partial charge in [-0.15, -0.1) is 11.8 Å². The Morgan fingerprint density at radius 2 is 2.67 bits per heavy atom. The van der Waals surface area contributed by atoms with Crippen LogP contribution in [0.1, 0.15) is 0 Å². The Morgan fingerprint density at radius 1 is 1.89 bits per heavy atom. The number of aliphatic hydroxyl groups is 1. The molecule has 0 radical (unpaired) electrons. The number of hydrogen-bond donors (Lipinski definition) is 3. The van der Waals surface area contributed by atoms with E-state index in [9.17, 15) is 0 Å². The zero-order chi connectivity index (χ0) is 6.69. The molecule has 0 saturated carbocycles. The Balaban J connectivity index is 2.24. The minimum absolute atomic E-state index is 0.176. The molecule has 0 aromatic carbocycles. The first kappa shape index (κ1) is 7.34. The normalized spacial score (nSPS) is 30.7. The van der Waals surface area contributed by atoms with Crippen LogP contribution in [0.3, 0.4) is 0 Å². The quantitative estimate of drug-likeness (QED) is 0.468. The molecule has 0 amide bonds. The van der Waals surface area contributed by atoms with Crippen LogP contribution in [0, 0.1) is 0 Å². The van der Waals surface area contributed by atoms with Crippen molar-refractivity contribution in [2.45, 2.75) is 11.5 Å². The summed E-state index contributed by atoms with van der Waals surface area (Å²) in [4.78, 5) is 0. The van der Waals surface area contributed by atoms with Crippen LogP contribution in [0.25, 0.3) is 0 Å². The van der Waals surface area contributed by atoms with Gasteiger partial charge in [0.25, 0.3) is 0 Å². The second kappa shape index (κ2) is 3.41. The molecule has 54 valence electrons. The topological polar surface area (TPSA) is 58.3 Å². The lowest BCUT2D eigenvalue weighted by Gasteiger charge is -2.14. The molecule has 2 atom stereocenters. The molecule has 1 saturated heterocycles. The second-order valence-corrected chi connectivity index (χ2v) is 3.30. The molecular formula is C5H12N2OS. The molecule has 0 aromatic rings. The molecule has 0 spiro atoms. The molecule has 9 heavy (non-hydrogen) atoms. The van der Waals surface area contributed by atoms with E-state index < -0.39 is 0 Å². The van der Waals surface area contributed by atoms with Crippen molar-refractivity contribution >= 4 is 11.8 Å². The molecule has 1 fully saturated rings. The lowest BCUT2D eigenvalue weighted by atomic mass is 10.3. The lowest BCUT2D eigenvalue weighted by molar-refractivity contribution is 0.171. The molecule has 4 N–H and O–H groups in total. The van der Waals surface area contributed by atoms with Crippen LogP contribution in [0.15, 0.2) is 0 Å². The van der Waals surface area contributed by atoms with Crippen LogP contribution in [-0.4, -0.2) is 35.4 Å². The van der Waals surface area contributed by atoms with Gasteiger partial charge in [0.15, 0.2) is 0 Å². The van der Waals surface area contributed by atoms with Gasteiger partial charge >= 0.3 is 0 Å².